The maximum atomic E-state index is 14.2. The summed E-state index contributed by atoms with van der Waals surface area (Å²) in [4.78, 5) is 24.2. The Morgan fingerprint density at radius 3 is 2.74 bits per heavy atom. The molecule has 0 spiro atoms. The van der Waals surface area contributed by atoms with Crippen LogP contribution < -0.4 is 15.5 Å². The monoisotopic (exact) mass is 516 g/mol. The van der Waals surface area contributed by atoms with Crippen LogP contribution in [0.3, 0.4) is 0 Å². The van der Waals surface area contributed by atoms with E-state index in [1.165, 1.54) is 23.9 Å². The van der Waals surface area contributed by atoms with Gasteiger partial charge in [-0.3, -0.25) is 4.98 Å². The molecule has 6 heterocycles. The van der Waals surface area contributed by atoms with Gasteiger partial charge < -0.3 is 15.5 Å². The fourth-order valence-electron chi connectivity index (χ4n) is 5.45. The normalized spacial score (nSPS) is 19.0. The minimum atomic E-state index is -1.40. The molecule has 3 aliphatic rings. The quantitative estimate of drug-likeness (QED) is 0.359. The van der Waals surface area contributed by atoms with Crippen molar-refractivity contribution in [3.8, 4) is 11.4 Å². The molecule has 2 N–H and O–H groups in total. The second kappa shape index (κ2) is 9.02. The first kappa shape index (κ1) is 23.0. The van der Waals surface area contributed by atoms with Crippen molar-refractivity contribution in [3.05, 3.63) is 71.7 Å². The van der Waals surface area contributed by atoms with Crippen LogP contribution >= 0.6 is 0 Å². The Hall–Kier alpha value is -4.12. The predicted octanol–water partition coefficient (Wildman–Crippen LogP) is 4.98. The predicted molar refractivity (Wildman–Crippen MR) is 136 cm³/mol. The summed E-state index contributed by atoms with van der Waals surface area (Å²) in [5.74, 6) is -2.31. The molecule has 0 bridgehead atoms. The lowest BCUT2D eigenvalue weighted by Gasteiger charge is -2.29. The molecule has 1 aliphatic carbocycles. The lowest BCUT2D eigenvalue weighted by molar-refractivity contribution is 0.421. The van der Waals surface area contributed by atoms with Crippen molar-refractivity contribution in [2.75, 3.05) is 23.3 Å². The third-order valence-electron chi connectivity index (χ3n) is 7.55. The number of fused-ring (bicyclic) bond motifs is 2. The Kier molecular flexibility index (Phi) is 5.46. The van der Waals surface area contributed by atoms with Gasteiger partial charge in [0.05, 0.1) is 11.7 Å². The van der Waals surface area contributed by atoms with Crippen molar-refractivity contribution in [3.63, 3.8) is 0 Å². The van der Waals surface area contributed by atoms with Crippen molar-refractivity contribution in [1.29, 1.82) is 0 Å². The van der Waals surface area contributed by atoms with Crippen LogP contribution in [-0.4, -0.2) is 44.1 Å². The molecule has 0 aromatic carbocycles. The summed E-state index contributed by atoms with van der Waals surface area (Å²) in [5.41, 5.74) is 3.78. The van der Waals surface area contributed by atoms with Crippen molar-refractivity contribution in [2.24, 2.45) is 0 Å². The molecule has 38 heavy (non-hydrogen) atoms. The zero-order valence-electron chi connectivity index (χ0n) is 20.3. The average molecular weight is 517 g/mol. The summed E-state index contributed by atoms with van der Waals surface area (Å²) in [6.45, 7) is 1.67. The number of hydrogen-bond acceptors (Lipinski definition) is 8. The van der Waals surface area contributed by atoms with Crippen molar-refractivity contribution >= 4 is 28.4 Å². The van der Waals surface area contributed by atoms with Gasteiger partial charge in [-0.15, -0.1) is 0 Å². The lowest BCUT2D eigenvalue weighted by atomic mass is 9.79. The fourth-order valence-corrected chi connectivity index (χ4v) is 5.45. The second-order valence-electron chi connectivity index (χ2n) is 9.80. The number of anilines is 3. The molecule has 1 saturated heterocycles. The van der Waals surface area contributed by atoms with E-state index in [2.05, 4.69) is 36.6 Å². The Morgan fingerprint density at radius 2 is 1.89 bits per heavy atom. The molecular weight excluding hydrogens is 493 g/mol. The van der Waals surface area contributed by atoms with Crippen molar-refractivity contribution < 1.29 is 13.2 Å². The maximum Gasteiger partial charge on any atom is 0.251 e. The van der Waals surface area contributed by atoms with E-state index in [9.17, 15) is 13.2 Å². The first-order chi connectivity index (χ1) is 18.5. The highest BCUT2D eigenvalue weighted by atomic mass is 19.2. The summed E-state index contributed by atoms with van der Waals surface area (Å²) >= 11 is 0. The maximum absolute atomic E-state index is 14.2. The average Bonchev–Trinajstić information content (AvgIpc) is 3.50. The van der Waals surface area contributed by atoms with Crippen LogP contribution in [0.2, 0.25) is 0 Å². The number of aromatic nitrogens is 5. The number of nitrogens with one attached hydrogen (secondary N) is 2. The first-order valence-corrected chi connectivity index (χ1v) is 12.7. The Morgan fingerprint density at radius 1 is 1.00 bits per heavy atom. The van der Waals surface area contributed by atoms with Crippen molar-refractivity contribution in [2.45, 2.75) is 37.6 Å². The molecule has 2 fully saturated rings. The highest BCUT2D eigenvalue weighted by Gasteiger charge is 2.34. The zero-order valence-corrected chi connectivity index (χ0v) is 20.3. The summed E-state index contributed by atoms with van der Waals surface area (Å²) in [7, 11) is 0. The molecule has 0 radical (unpaired) electrons. The Balaban J connectivity index is 1.33. The largest absolute Gasteiger partial charge is 0.328 e. The van der Waals surface area contributed by atoms with Crippen LogP contribution in [0.1, 0.15) is 37.2 Å². The molecule has 1 atom stereocenters. The molecule has 1 unspecified atom stereocenters. The Labute approximate surface area is 216 Å². The van der Waals surface area contributed by atoms with E-state index in [1.54, 1.807) is 18.3 Å². The van der Waals surface area contributed by atoms with Crippen molar-refractivity contribution in [1.82, 2.24) is 30.2 Å². The van der Waals surface area contributed by atoms with Crippen LogP contribution in [0.4, 0.5) is 30.6 Å². The van der Waals surface area contributed by atoms with E-state index in [4.69, 9.17) is 9.97 Å². The van der Waals surface area contributed by atoms with E-state index in [1.807, 2.05) is 6.20 Å². The van der Waals surface area contributed by atoms with E-state index >= 15 is 0 Å². The van der Waals surface area contributed by atoms with E-state index < -0.39 is 23.4 Å². The number of nitrogens with zero attached hydrogens (tertiary/aromatic N) is 6. The van der Waals surface area contributed by atoms with Gasteiger partial charge in [0.2, 0.25) is 0 Å². The number of pyridine rings is 3. The lowest BCUT2D eigenvalue weighted by Crippen LogP contribution is -2.24. The molecule has 1 saturated carbocycles. The molecular formula is C27H23F3N8. The van der Waals surface area contributed by atoms with Crippen LogP contribution in [0.25, 0.3) is 22.3 Å². The van der Waals surface area contributed by atoms with Gasteiger partial charge >= 0.3 is 0 Å². The Bertz CT molecular complexity index is 1600. The molecule has 0 amide bonds. The van der Waals surface area contributed by atoms with Crippen LogP contribution in [0.15, 0.2) is 48.6 Å². The van der Waals surface area contributed by atoms with Crippen LogP contribution in [0, 0.1) is 17.6 Å². The molecule has 2 aliphatic heterocycles. The smallest absolute Gasteiger partial charge is 0.251 e. The molecule has 4 aromatic rings. The zero-order chi connectivity index (χ0) is 25.8. The van der Waals surface area contributed by atoms with Gasteiger partial charge in [-0.1, -0.05) is 6.42 Å². The highest BCUT2D eigenvalue weighted by molar-refractivity contribution is 5.95. The molecule has 7 rings (SSSR count). The summed E-state index contributed by atoms with van der Waals surface area (Å²) < 4.78 is 41.1. The van der Waals surface area contributed by atoms with Gasteiger partial charge in [0.25, 0.3) is 5.95 Å². The second-order valence-corrected chi connectivity index (χ2v) is 9.80. The minimum Gasteiger partial charge on any atom is -0.328 e. The molecule has 11 heteroatoms. The van der Waals surface area contributed by atoms with E-state index in [-0.39, 0.29) is 5.82 Å². The number of rotatable bonds is 5. The highest BCUT2D eigenvalue weighted by Crippen LogP contribution is 2.43. The summed E-state index contributed by atoms with van der Waals surface area (Å²) in [6, 6.07) is 4.13. The van der Waals surface area contributed by atoms with Gasteiger partial charge in [0, 0.05) is 54.2 Å². The van der Waals surface area contributed by atoms with Gasteiger partial charge in [0.15, 0.2) is 23.3 Å². The van der Waals surface area contributed by atoms with Gasteiger partial charge in [-0.2, -0.15) is 9.37 Å². The number of halogens is 3. The minimum absolute atomic E-state index is 0.190. The van der Waals surface area contributed by atoms with Gasteiger partial charge in [-0.05, 0) is 49.0 Å². The molecule has 8 nitrogen and oxygen atoms in total. The topological polar surface area (TPSA) is 91.8 Å². The van der Waals surface area contributed by atoms with Crippen LogP contribution in [0.5, 0.6) is 0 Å². The van der Waals surface area contributed by atoms with Gasteiger partial charge in [0.1, 0.15) is 11.6 Å². The molecule has 4 aromatic heterocycles. The third kappa shape index (κ3) is 3.85. The summed E-state index contributed by atoms with van der Waals surface area (Å²) in [6.07, 6.45) is 11.9. The summed E-state index contributed by atoms with van der Waals surface area (Å²) in [5, 5.41) is 7.18. The third-order valence-corrected chi connectivity index (χ3v) is 7.55. The first-order valence-electron chi connectivity index (χ1n) is 12.7. The van der Waals surface area contributed by atoms with E-state index in [0.29, 0.717) is 29.4 Å². The van der Waals surface area contributed by atoms with E-state index in [0.717, 1.165) is 49.1 Å². The standard InChI is InChI=1S/C27H23F3N8/c28-17-11-18(29)26(36-24(17)30)35-22-10-15(4-7-33-22)25-34-20-13-31-12-16(14-2-1-3-14)23(20)27(37-25)38-9-6-19-21(38)5-8-32-19/h4-5,7,10-14,19,32H,1-3,6,8-9H2,(H,33,35,36). The number of hydrogen-bond donors (Lipinski definition) is 2. The SMILES string of the molecule is Fc1cc(F)c(Nc2cc(-c3nc(N4CCC5NCC=C54)c4c(C5CCC5)cncc4n3)ccn2)nc1F. The fraction of sp³-hybridized carbons (Fsp3) is 0.296. The molecule has 192 valence electrons. The van der Waals surface area contributed by atoms with Gasteiger partial charge in [-0.25, -0.2) is 23.7 Å². The van der Waals surface area contributed by atoms with Crippen LogP contribution in [-0.2, 0) is 0 Å².